The van der Waals surface area contributed by atoms with Crippen LogP contribution in [0.25, 0.3) is 0 Å². The smallest absolute Gasteiger partial charge is 0.387 e. The zero-order chi connectivity index (χ0) is 14.8. The second-order valence-electron chi connectivity index (χ2n) is 5.58. The maximum Gasteiger partial charge on any atom is 0.387 e. The highest BCUT2D eigenvalue weighted by Gasteiger charge is 2.37. The van der Waals surface area contributed by atoms with Gasteiger partial charge in [0.05, 0.1) is 18.2 Å². The van der Waals surface area contributed by atoms with Gasteiger partial charge in [-0.2, -0.15) is 8.78 Å². The van der Waals surface area contributed by atoms with Crippen LogP contribution in [0.5, 0.6) is 5.75 Å². The highest BCUT2D eigenvalue weighted by Crippen LogP contribution is 2.35. The van der Waals surface area contributed by atoms with Crippen molar-refractivity contribution in [3.05, 3.63) is 29.8 Å². The predicted octanol–water partition coefficient (Wildman–Crippen LogP) is 2.15. The van der Waals surface area contributed by atoms with E-state index in [9.17, 15) is 8.78 Å². The molecule has 3 rings (SSSR count). The number of halogens is 2. The molecule has 0 aromatic heterocycles. The SMILES string of the molecule is NCC(c1ccccc1OC(F)F)N1CC2CCC(C1)O2. The van der Waals surface area contributed by atoms with Crippen LogP contribution in [0.2, 0.25) is 0 Å². The van der Waals surface area contributed by atoms with Crippen LogP contribution in [0.3, 0.4) is 0 Å². The van der Waals surface area contributed by atoms with E-state index in [4.69, 9.17) is 10.5 Å². The van der Waals surface area contributed by atoms with E-state index >= 15 is 0 Å². The maximum atomic E-state index is 12.6. The molecule has 3 atom stereocenters. The summed E-state index contributed by atoms with van der Waals surface area (Å²) in [5.74, 6) is 0.210. The molecular weight excluding hydrogens is 278 g/mol. The van der Waals surface area contributed by atoms with Crippen molar-refractivity contribution in [1.82, 2.24) is 4.90 Å². The number of fused-ring (bicyclic) bond motifs is 2. The van der Waals surface area contributed by atoms with Gasteiger partial charge in [0.25, 0.3) is 0 Å². The number of hydrogen-bond donors (Lipinski definition) is 1. The summed E-state index contributed by atoms with van der Waals surface area (Å²) in [4.78, 5) is 2.24. The van der Waals surface area contributed by atoms with E-state index in [2.05, 4.69) is 9.64 Å². The summed E-state index contributed by atoms with van der Waals surface area (Å²) < 4.78 is 35.6. The van der Waals surface area contributed by atoms with Crippen molar-refractivity contribution in [3.63, 3.8) is 0 Å². The van der Waals surface area contributed by atoms with Gasteiger partial charge in [-0.05, 0) is 18.9 Å². The first-order valence-electron chi connectivity index (χ1n) is 7.30. The second kappa shape index (κ2) is 6.25. The van der Waals surface area contributed by atoms with Crippen LogP contribution in [0.1, 0.15) is 24.4 Å². The number of ether oxygens (including phenoxy) is 2. The molecule has 2 aliphatic rings. The Morgan fingerprint density at radius 1 is 1.24 bits per heavy atom. The molecule has 2 N–H and O–H groups in total. The molecule has 1 aromatic carbocycles. The van der Waals surface area contributed by atoms with E-state index in [0.717, 1.165) is 31.5 Å². The van der Waals surface area contributed by atoms with Crippen LogP contribution in [-0.2, 0) is 4.74 Å². The molecule has 2 bridgehead atoms. The topological polar surface area (TPSA) is 47.7 Å². The van der Waals surface area contributed by atoms with Crippen LogP contribution in [-0.4, -0.2) is 43.4 Å². The fraction of sp³-hybridized carbons (Fsp3) is 0.600. The number of alkyl halides is 2. The summed E-state index contributed by atoms with van der Waals surface area (Å²) >= 11 is 0. The largest absolute Gasteiger partial charge is 0.434 e. The van der Waals surface area contributed by atoms with E-state index in [1.165, 1.54) is 0 Å². The highest BCUT2D eigenvalue weighted by atomic mass is 19.3. The van der Waals surface area contributed by atoms with Crippen LogP contribution < -0.4 is 10.5 Å². The molecule has 21 heavy (non-hydrogen) atoms. The molecule has 0 amide bonds. The van der Waals surface area contributed by atoms with Crippen LogP contribution in [0.15, 0.2) is 24.3 Å². The lowest BCUT2D eigenvalue weighted by molar-refractivity contribution is -0.0594. The monoisotopic (exact) mass is 298 g/mol. The predicted molar refractivity (Wildman–Crippen MR) is 74.3 cm³/mol. The first kappa shape index (κ1) is 14.7. The summed E-state index contributed by atoms with van der Waals surface area (Å²) in [5, 5.41) is 0. The molecule has 0 radical (unpaired) electrons. The zero-order valence-electron chi connectivity index (χ0n) is 11.8. The number of hydrogen-bond acceptors (Lipinski definition) is 4. The minimum Gasteiger partial charge on any atom is -0.434 e. The minimum atomic E-state index is -2.83. The van der Waals surface area contributed by atoms with Gasteiger partial charge in [0.15, 0.2) is 0 Å². The molecule has 0 aliphatic carbocycles. The zero-order valence-corrected chi connectivity index (χ0v) is 11.8. The van der Waals surface area contributed by atoms with Gasteiger partial charge in [-0.15, -0.1) is 0 Å². The van der Waals surface area contributed by atoms with Crippen molar-refractivity contribution in [1.29, 1.82) is 0 Å². The van der Waals surface area contributed by atoms with Crippen LogP contribution in [0, 0.1) is 0 Å². The summed E-state index contributed by atoms with van der Waals surface area (Å²) in [7, 11) is 0. The van der Waals surface area contributed by atoms with Gasteiger partial charge >= 0.3 is 6.61 Å². The summed E-state index contributed by atoms with van der Waals surface area (Å²) in [6, 6.07) is 6.78. The number of morpholine rings is 1. The van der Waals surface area contributed by atoms with Gasteiger partial charge in [0, 0.05) is 25.2 Å². The van der Waals surface area contributed by atoms with Crippen molar-refractivity contribution in [3.8, 4) is 5.75 Å². The molecule has 3 unspecified atom stereocenters. The van der Waals surface area contributed by atoms with Crippen molar-refractivity contribution in [2.45, 2.75) is 37.7 Å². The van der Waals surface area contributed by atoms with Gasteiger partial charge < -0.3 is 15.2 Å². The number of rotatable bonds is 5. The lowest BCUT2D eigenvalue weighted by Crippen LogP contribution is -2.46. The van der Waals surface area contributed by atoms with E-state index in [1.54, 1.807) is 12.1 Å². The maximum absolute atomic E-state index is 12.6. The summed E-state index contributed by atoms with van der Waals surface area (Å²) in [6.45, 7) is -0.878. The Morgan fingerprint density at radius 3 is 2.52 bits per heavy atom. The number of nitrogens with two attached hydrogens (primary N) is 1. The van der Waals surface area contributed by atoms with Crippen LogP contribution in [0.4, 0.5) is 8.78 Å². The molecule has 6 heteroatoms. The molecule has 1 aromatic rings. The summed E-state index contributed by atoms with van der Waals surface area (Å²) in [5.41, 5.74) is 6.64. The summed E-state index contributed by atoms with van der Waals surface area (Å²) in [6.07, 6.45) is 2.60. The van der Waals surface area contributed by atoms with Crippen molar-refractivity contribution < 1.29 is 18.3 Å². The molecule has 2 saturated heterocycles. The fourth-order valence-corrected chi connectivity index (χ4v) is 3.33. The average Bonchev–Trinajstić information content (AvgIpc) is 2.80. The van der Waals surface area contributed by atoms with E-state index < -0.39 is 6.61 Å². The Labute approximate surface area is 122 Å². The Kier molecular flexibility index (Phi) is 4.37. The number of nitrogens with zero attached hydrogens (tertiary/aromatic N) is 1. The third-order valence-corrected chi connectivity index (χ3v) is 4.23. The minimum absolute atomic E-state index is 0.119. The molecule has 2 heterocycles. The average molecular weight is 298 g/mol. The van der Waals surface area contributed by atoms with Crippen molar-refractivity contribution in [2.24, 2.45) is 5.73 Å². The lowest BCUT2D eigenvalue weighted by Gasteiger charge is -2.38. The van der Waals surface area contributed by atoms with Gasteiger partial charge in [-0.25, -0.2) is 0 Å². The first-order valence-corrected chi connectivity index (χ1v) is 7.30. The van der Waals surface area contributed by atoms with Gasteiger partial charge in [-0.3, -0.25) is 4.90 Å². The van der Waals surface area contributed by atoms with Crippen LogP contribution >= 0.6 is 0 Å². The highest BCUT2D eigenvalue weighted by molar-refractivity contribution is 5.36. The Bertz CT molecular complexity index is 474. The standard InChI is InChI=1S/C15H20F2N2O2/c16-15(17)21-14-4-2-1-3-12(14)13(7-18)19-8-10-5-6-11(9-19)20-10/h1-4,10-11,13,15H,5-9,18H2. The fourth-order valence-electron chi connectivity index (χ4n) is 3.33. The molecule has 0 saturated carbocycles. The second-order valence-corrected chi connectivity index (χ2v) is 5.58. The van der Waals surface area contributed by atoms with Gasteiger partial charge in [0.2, 0.25) is 0 Å². The van der Waals surface area contributed by atoms with Gasteiger partial charge in [0.1, 0.15) is 5.75 Å². The third-order valence-electron chi connectivity index (χ3n) is 4.23. The van der Waals surface area contributed by atoms with E-state index in [1.807, 2.05) is 12.1 Å². The van der Waals surface area contributed by atoms with Gasteiger partial charge in [-0.1, -0.05) is 18.2 Å². The molecule has 4 nitrogen and oxygen atoms in total. The molecular formula is C15H20F2N2O2. The third kappa shape index (κ3) is 3.17. The Morgan fingerprint density at radius 2 is 1.90 bits per heavy atom. The number of likely N-dealkylation sites (tertiary alicyclic amines) is 1. The quantitative estimate of drug-likeness (QED) is 0.905. The van der Waals surface area contributed by atoms with E-state index in [0.29, 0.717) is 6.54 Å². The molecule has 116 valence electrons. The Balaban J connectivity index is 1.83. The molecule has 2 aliphatic heterocycles. The lowest BCUT2D eigenvalue weighted by atomic mass is 10.0. The number of benzene rings is 1. The number of para-hydroxylation sites is 1. The Hall–Kier alpha value is -1.24. The van der Waals surface area contributed by atoms with Crippen molar-refractivity contribution >= 4 is 0 Å². The molecule has 0 spiro atoms. The van der Waals surface area contributed by atoms with E-state index in [-0.39, 0.29) is 24.0 Å². The van der Waals surface area contributed by atoms with Crippen molar-refractivity contribution in [2.75, 3.05) is 19.6 Å². The molecule has 2 fully saturated rings. The first-order chi connectivity index (χ1) is 10.2. The normalized spacial score (nSPS) is 27.0.